The second kappa shape index (κ2) is 11.5. The van der Waals surface area contributed by atoms with Crippen LogP contribution in [0.4, 0.5) is 0 Å². The molecule has 1 aliphatic heterocycles. The van der Waals surface area contributed by atoms with Gasteiger partial charge in [0.1, 0.15) is 0 Å². The van der Waals surface area contributed by atoms with E-state index >= 15 is 0 Å². The van der Waals surface area contributed by atoms with Crippen molar-refractivity contribution in [3.63, 3.8) is 0 Å². The van der Waals surface area contributed by atoms with Gasteiger partial charge in [0.05, 0.1) is 27.4 Å². The summed E-state index contributed by atoms with van der Waals surface area (Å²) >= 11 is 0. The Morgan fingerprint density at radius 1 is 1.00 bits per heavy atom. The molecule has 7 nitrogen and oxygen atoms in total. The van der Waals surface area contributed by atoms with Crippen molar-refractivity contribution >= 4 is 12.0 Å². The van der Waals surface area contributed by atoms with Gasteiger partial charge in [0.25, 0.3) is 0 Å². The Morgan fingerprint density at radius 3 is 2.19 bits per heavy atom. The van der Waals surface area contributed by atoms with Crippen molar-refractivity contribution in [1.82, 2.24) is 15.1 Å². The van der Waals surface area contributed by atoms with Gasteiger partial charge in [-0.05, 0) is 36.4 Å². The summed E-state index contributed by atoms with van der Waals surface area (Å²) in [4.78, 5) is 17.5. The second-order valence-electron chi connectivity index (χ2n) is 7.87. The number of rotatable bonds is 9. The predicted molar refractivity (Wildman–Crippen MR) is 126 cm³/mol. The first-order valence-corrected chi connectivity index (χ1v) is 10.8. The first-order chi connectivity index (χ1) is 15.5. The molecular weight excluding hydrogens is 406 g/mol. The number of benzene rings is 2. The minimum absolute atomic E-state index is 0.0864. The third kappa shape index (κ3) is 6.24. The number of carbonyl (C=O) groups excluding carboxylic acids is 1. The lowest BCUT2D eigenvalue weighted by atomic mass is 10.1. The quantitative estimate of drug-likeness (QED) is 0.607. The molecule has 1 amide bonds. The van der Waals surface area contributed by atoms with Gasteiger partial charge in [-0.2, -0.15) is 0 Å². The van der Waals surface area contributed by atoms with Crippen LogP contribution >= 0.6 is 0 Å². The second-order valence-corrected chi connectivity index (χ2v) is 7.87. The van der Waals surface area contributed by atoms with Crippen molar-refractivity contribution < 1.29 is 19.0 Å². The normalized spacial score (nSPS) is 16.0. The number of piperazine rings is 1. The lowest BCUT2D eigenvalue weighted by molar-refractivity contribution is -0.117. The maximum atomic E-state index is 12.8. The molecule has 1 saturated heterocycles. The molecule has 7 heteroatoms. The number of nitrogens with one attached hydrogen (secondary N) is 1. The Labute approximate surface area is 190 Å². The summed E-state index contributed by atoms with van der Waals surface area (Å²) in [5.41, 5.74) is 1.88. The highest BCUT2D eigenvalue weighted by atomic mass is 16.5. The van der Waals surface area contributed by atoms with Gasteiger partial charge in [-0.25, -0.2) is 0 Å². The van der Waals surface area contributed by atoms with Crippen molar-refractivity contribution in [3.05, 3.63) is 59.7 Å². The number of hydrogen-bond donors (Lipinski definition) is 1. The average molecular weight is 440 g/mol. The Kier molecular flexibility index (Phi) is 8.53. The fourth-order valence-corrected chi connectivity index (χ4v) is 3.80. The molecule has 32 heavy (non-hydrogen) atoms. The molecule has 0 aliphatic carbocycles. The van der Waals surface area contributed by atoms with Crippen LogP contribution in [0.1, 0.15) is 17.2 Å². The first-order valence-electron chi connectivity index (χ1n) is 10.8. The summed E-state index contributed by atoms with van der Waals surface area (Å²) in [5.74, 6) is 1.46. The van der Waals surface area contributed by atoms with Crippen LogP contribution in [0.3, 0.4) is 0 Å². The summed E-state index contributed by atoms with van der Waals surface area (Å²) in [6.45, 7) is 4.85. The molecule has 1 fully saturated rings. The summed E-state index contributed by atoms with van der Waals surface area (Å²) < 4.78 is 16.1. The molecule has 1 atom stereocenters. The number of hydrogen-bond acceptors (Lipinski definition) is 6. The monoisotopic (exact) mass is 439 g/mol. The lowest BCUT2D eigenvalue weighted by Crippen LogP contribution is -2.47. The molecule has 1 unspecified atom stereocenters. The van der Waals surface area contributed by atoms with Crippen molar-refractivity contribution in [2.24, 2.45) is 0 Å². The van der Waals surface area contributed by atoms with E-state index < -0.39 is 0 Å². The number of carbonyl (C=O) groups is 1. The van der Waals surface area contributed by atoms with E-state index in [-0.39, 0.29) is 11.9 Å². The molecule has 3 rings (SSSR count). The van der Waals surface area contributed by atoms with E-state index in [9.17, 15) is 4.79 Å². The average Bonchev–Trinajstić information content (AvgIpc) is 2.83. The molecule has 172 valence electrons. The van der Waals surface area contributed by atoms with Crippen LogP contribution < -0.4 is 19.5 Å². The maximum Gasteiger partial charge on any atom is 0.244 e. The first kappa shape index (κ1) is 23.6. The number of ether oxygens (including phenoxy) is 3. The topological polar surface area (TPSA) is 63.3 Å². The largest absolute Gasteiger partial charge is 0.493 e. The van der Waals surface area contributed by atoms with E-state index in [0.717, 1.165) is 43.9 Å². The van der Waals surface area contributed by atoms with Crippen molar-refractivity contribution in [2.45, 2.75) is 6.04 Å². The fraction of sp³-hybridized carbons (Fsp3) is 0.400. The number of methoxy groups -OCH3 is 3. The molecule has 1 heterocycles. The Hall–Kier alpha value is -3.03. The van der Waals surface area contributed by atoms with E-state index in [0.29, 0.717) is 17.2 Å². The van der Waals surface area contributed by atoms with Crippen LogP contribution in [-0.2, 0) is 4.79 Å². The Bertz CT molecular complexity index is 884. The zero-order valence-corrected chi connectivity index (χ0v) is 19.3. The van der Waals surface area contributed by atoms with Gasteiger partial charge in [-0.1, -0.05) is 30.3 Å². The highest BCUT2D eigenvalue weighted by molar-refractivity contribution is 5.92. The van der Waals surface area contributed by atoms with Crippen LogP contribution in [0, 0.1) is 0 Å². The van der Waals surface area contributed by atoms with Gasteiger partial charge in [-0.15, -0.1) is 0 Å². The van der Waals surface area contributed by atoms with Crippen molar-refractivity contribution in [3.8, 4) is 17.2 Å². The van der Waals surface area contributed by atoms with E-state index in [1.54, 1.807) is 33.5 Å². The van der Waals surface area contributed by atoms with E-state index in [1.807, 2.05) is 30.3 Å². The van der Waals surface area contributed by atoms with Crippen LogP contribution in [0.2, 0.25) is 0 Å². The van der Waals surface area contributed by atoms with Crippen molar-refractivity contribution in [1.29, 1.82) is 0 Å². The summed E-state index contributed by atoms with van der Waals surface area (Å²) in [6, 6.07) is 13.6. The molecular formula is C25H33N3O4. The Balaban J connectivity index is 1.73. The van der Waals surface area contributed by atoms with E-state index in [2.05, 4.69) is 34.3 Å². The van der Waals surface area contributed by atoms with E-state index in [4.69, 9.17) is 14.2 Å². The molecule has 1 N–H and O–H groups in total. The van der Waals surface area contributed by atoms with Crippen LogP contribution in [0.25, 0.3) is 6.08 Å². The molecule has 0 radical (unpaired) electrons. The smallest absolute Gasteiger partial charge is 0.244 e. The van der Waals surface area contributed by atoms with Crippen LogP contribution in [-0.4, -0.2) is 76.8 Å². The fourth-order valence-electron chi connectivity index (χ4n) is 3.80. The molecule has 0 aromatic heterocycles. The molecule has 0 saturated carbocycles. The molecule has 0 spiro atoms. The minimum atomic E-state index is -0.151. The zero-order chi connectivity index (χ0) is 22.9. The highest BCUT2D eigenvalue weighted by Gasteiger charge is 2.20. The predicted octanol–water partition coefficient (Wildman–Crippen LogP) is 2.83. The summed E-state index contributed by atoms with van der Waals surface area (Å²) in [7, 11) is 6.84. The molecule has 1 aliphatic rings. The summed E-state index contributed by atoms with van der Waals surface area (Å²) in [6.07, 6.45) is 3.29. The third-order valence-corrected chi connectivity index (χ3v) is 5.67. The van der Waals surface area contributed by atoms with Gasteiger partial charge < -0.3 is 24.4 Å². The van der Waals surface area contributed by atoms with Gasteiger partial charge in [0, 0.05) is 38.8 Å². The number of likely N-dealkylation sites (N-methyl/N-ethyl adjacent to an activating group) is 1. The third-order valence-electron chi connectivity index (χ3n) is 5.67. The Morgan fingerprint density at radius 2 is 1.62 bits per heavy atom. The van der Waals surface area contributed by atoms with Gasteiger partial charge in [0.2, 0.25) is 11.7 Å². The van der Waals surface area contributed by atoms with Gasteiger partial charge >= 0.3 is 0 Å². The van der Waals surface area contributed by atoms with Crippen LogP contribution in [0.5, 0.6) is 17.2 Å². The summed E-state index contributed by atoms with van der Waals surface area (Å²) in [5, 5.41) is 3.17. The number of nitrogens with zero attached hydrogens (tertiary/aromatic N) is 2. The zero-order valence-electron chi connectivity index (χ0n) is 19.3. The lowest BCUT2D eigenvalue weighted by Gasteiger charge is -2.34. The van der Waals surface area contributed by atoms with Gasteiger partial charge in [0.15, 0.2) is 11.5 Å². The van der Waals surface area contributed by atoms with Gasteiger partial charge in [-0.3, -0.25) is 9.69 Å². The molecule has 0 bridgehead atoms. The molecule has 2 aromatic rings. The maximum absolute atomic E-state index is 12.8. The highest BCUT2D eigenvalue weighted by Crippen LogP contribution is 2.38. The minimum Gasteiger partial charge on any atom is -0.493 e. The molecule has 2 aromatic carbocycles. The van der Waals surface area contributed by atoms with Crippen molar-refractivity contribution in [2.75, 3.05) is 61.1 Å². The standard InChI is InChI=1S/C25H33N3O4/c1-27-12-14-28(15-13-27)18-21(20-8-6-5-7-9-20)26-24(29)11-10-19-16-22(30-2)25(32-4)23(17-19)31-3/h5-11,16-17,21H,12-15,18H2,1-4H3,(H,26,29)/b11-10+. The van der Waals surface area contributed by atoms with Crippen LogP contribution in [0.15, 0.2) is 48.5 Å². The number of amides is 1. The van der Waals surface area contributed by atoms with E-state index in [1.165, 1.54) is 0 Å². The SMILES string of the molecule is COc1cc(/C=C/C(=O)NC(CN2CCN(C)CC2)c2ccccc2)cc(OC)c1OC.